The zero-order valence-electron chi connectivity index (χ0n) is 17.9. The van der Waals surface area contributed by atoms with Crippen molar-refractivity contribution in [3.05, 3.63) is 34.9 Å². The van der Waals surface area contributed by atoms with Crippen LogP contribution in [-0.4, -0.2) is 77.4 Å². The van der Waals surface area contributed by atoms with Crippen molar-refractivity contribution in [2.24, 2.45) is 11.3 Å². The number of piperidine rings is 2. The van der Waals surface area contributed by atoms with Crippen LogP contribution in [0.4, 0.5) is 0 Å². The van der Waals surface area contributed by atoms with E-state index in [4.69, 9.17) is 0 Å². The van der Waals surface area contributed by atoms with Crippen LogP contribution < -0.4 is 10.6 Å². The fourth-order valence-corrected chi connectivity index (χ4v) is 5.88. The first-order valence-corrected chi connectivity index (χ1v) is 11.3. The molecule has 0 aromatic heterocycles. The van der Waals surface area contributed by atoms with Crippen LogP contribution in [0.3, 0.4) is 0 Å². The molecule has 170 valence electrons. The maximum absolute atomic E-state index is 13.1. The van der Waals surface area contributed by atoms with Gasteiger partial charge in [0.2, 0.25) is 11.8 Å². The number of nitrogens with one attached hydrogen (secondary N) is 2. The Labute approximate surface area is 186 Å². The first-order valence-electron chi connectivity index (χ1n) is 11.3. The molecule has 1 aromatic rings. The largest absolute Gasteiger partial charge is 0.396 e. The summed E-state index contributed by atoms with van der Waals surface area (Å²) in [5.41, 5.74) is 1.67. The van der Waals surface area contributed by atoms with Gasteiger partial charge < -0.3 is 10.4 Å². The third kappa shape index (κ3) is 3.44. The first-order chi connectivity index (χ1) is 15.4. The second kappa shape index (κ2) is 8.06. The molecule has 4 aliphatic rings. The SMILES string of the molecule is O=C1CCC(N2C(=O)c3ccc(CN4CC(CO)C5(CCNCC5)C4)cc3C2=O)C(=O)N1. The summed E-state index contributed by atoms with van der Waals surface area (Å²) in [4.78, 5) is 52.9. The highest BCUT2D eigenvalue weighted by molar-refractivity contribution is 6.23. The van der Waals surface area contributed by atoms with E-state index in [0.717, 1.165) is 49.5 Å². The number of imide groups is 2. The van der Waals surface area contributed by atoms with Crippen LogP contribution in [0.1, 0.15) is 52.0 Å². The van der Waals surface area contributed by atoms with Gasteiger partial charge in [0.05, 0.1) is 11.1 Å². The summed E-state index contributed by atoms with van der Waals surface area (Å²) in [5, 5.41) is 15.6. The molecular formula is C23H28N4O5. The Morgan fingerprint density at radius 3 is 2.53 bits per heavy atom. The summed E-state index contributed by atoms with van der Waals surface area (Å²) in [6.45, 7) is 4.47. The quantitative estimate of drug-likeness (QED) is 0.559. The van der Waals surface area contributed by atoms with Gasteiger partial charge in [0.1, 0.15) is 6.04 Å². The van der Waals surface area contributed by atoms with Gasteiger partial charge >= 0.3 is 0 Å². The molecule has 0 bridgehead atoms. The zero-order chi connectivity index (χ0) is 22.5. The van der Waals surface area contributed by atoms with Gasteiger partial charge in [0, 0.05) is 38.6 Å². The Morgan fingerprint density at radius 2 is 1.81 bits per heavy atom. The topological polar surface area (TPSA) is 119 Å². The average molecular weight is 441 g/mol. The van der Waals surface area contributed by atoms with Gasteiger partial charge in [0.25, 0.3) is 11.8 Å². The Bertz CT molecular complexity index is 987. The van der Waals surface area contributed by atoms with Gasteiger partial charge in [0.15, 0.2) is 0 Å². The lowest BCUT2D eigenvalue weighted by Gasteiger charge is -2.38. The molecule has 0 saturated carbocycles. The van der Waals surface area contributed by atoms with Crippen molar-refractivity contribution in [2.45, 2.75) is 38.3 Å². The first kappa shape index (κ1) is 21.2. The number of amides is 4. The van der Waals surface area contributed by atoms with Gasteiger partial charge in [-0.2, -0.15) is 0 Å². The molecule has 2 unspecified atom stereocenters. The molecule has 0 radical (unpaired) electrons. The molecule has 3 N–H and O–H groups in total. The molecule has 1 aromatic carbocycles. The molecule has 2 atom stereocenters. The van der Waals surface area contributed by atoms with E-state index in [1.165, 1.54) is 0 Å². The van der Waals surface area contributed by atoms with E-state index in [2.05, 4.69) is 15.5 Å². The molecule has 4 heterocycles. The molecule has 9 nitrogen and oxygen atoms in total. The summed E-state index contributed by atoms with van der Waals surface area (Å²) in [5.74, 6) is -1.71. The van der Waals surface area contributed by atoms with E-state index in [1.807, 2.05) is 6.07 Å². The number of carbonyl (C=O) groups excluding carboxylic acids is 4. The van der Waals surface area contributed by atoms with E-state index in [0.29, 0.717) is 17.7 Å². The molecular weight excluding hydrogens is 412 g/mol. The second-order valence-electron chi connectivity index (χ2n) is 9.49. The Kier molecular flexibility index (Phi) is 5.35. The second-order valence-corrected chi connectivity index (χ2v) is 9.49. The van der Waals surface area contributed by atoms with Crippen molar-refractivity contribution in [3.63, 3.8) is 0 Å². The Hall–Kier alpha value is -2.62. The number of aliphatic hydroxyl groups is 1. The number of likely N-dealkylation sites (tertiary alicyclic amines) is 1. The van der Waals surface area contributed by atoms with Crippen LogP contribution in [0.15, 0.2) is 18.2 Å². The minimum atomic E-state index is -0.952. The van der Waals surface area contributed by atoms with Crippen molar-refractivity contribution >= 4 is 23.6 Å². The summed E-state index contributed by atoms with van der Waals surface area (Å²) in [6, 6.07) is 4.32. The number of hydrogen-bond acceptors (Lipinski definition) is 7. The molecule has 5 rings (SSSR count). The Balaban J connectivity index is 1.33. The van der Waals surface area contributed by atoms with Crippen LogP contribution in [0.25, 0.3) is 0 Å². The molecule has 9 heteroatoms. The molecule has 0 aliphatic carbocycles. The summed E-state index contributed by atoms with van der Waals surface area (Å²) in [7, 11) is 0. The van der Waals surface area contributed by atoms with Gasteiger partial charge in [-0.3, -0.25) is 34.3 Å². The van der Waals surface area contributed by atoms with Gasteiger partial charge in [-0.15, -0.1) is 0 Å². The van der Waals surface area contributed by atoms with E-state index in [-0.39, 0.29) is 36.7 Å². The van der Waals surface area contributed by atoms with E-state index in [1.54, 1.807) is 12.1 Å². The number of aliphatic hydroxyl groups excluding tert-OH is 1. The Morgan fingerprint density at radius 1 is 1.06 bits per heavy atom. The normalized spacial score (nSPS) is 27.8. The van der Waals surface area contributed by atoms with Gasteiger partial charge in [-0.05, 0) is 55.5 Å². The number of hydrogen-bond donors (Lipinski definition) is 3. The van der Waals surface area contributed by atoms with Crippen LogP contribution in [-0.2, 0) is 16.1 Å². The molecule has 1 spiro atoms. The van der Waals surface area contributed by atoms with Crippen molar-refractivity contribution in [2.75, 3.05) is 32.8 Å². The van der Waals surface area contributed by atoms with Crippen LogP contribution in [0.2, 0.25) is 0 Å². The summed E-state index contributed by atoms with van der Waals surface area (Å²) < 4.78 is 0. The van der Waals surface area contributed by atoms with Crippen LogP contribution in [0.5, 0.6) is 0 Å². The summed E-state index contributed by atoms with van der Waals surface area (Å²) >= 11 is 0. The smallest absolute Gasteiger partial charge is 0.262 e. The lowest BCUT2D eigenvalue weighted by Crippen LogP contribution is -2.54. The predicted molar refractivity (Wildman–Crippen MR) is 114 cm³/mol. The minimum Gasteiger partial charge on any atom is -0.396 e. The van der Waals surface area contributed by atoms with Crippen molar-refractivity contribution in [1.29, 1.82) is 0 Å². The monoisotopic (exact) mass is 440 g/mol. The number of rotatable bonds is 4. The molecule has 4 aliphatic heterocycles. The van der Waals surface area contributed by atoms with Crippen molar-refractivity contribution < 1.29 is 24.3 Å². The minimum absolute atomic E-state index is 0.104. The third-order valence-electron chi connectivity index (χ3n) is 7.61. The maximum atomic E-state index is 13.1. The summed E-state index contributed by atoms with van der Waals surface area (Å²) in [6.07, 6.45) is 2.35. The van der Waals surface area contributed by atoms with Crippen LogP contribution >= 0.6 is 0 Å². The third-order valence-corrected chi connectivity index (χ3v) is 7.61. The number of nitrogens with zero attached hydrogens (tertiary/aromatic N) is 2. The lowest BCUT2D eigenvalue weighted by molar-refractivity contribution is -0.136. The fourth-order valence-electron chi connectivity index (χ4n) is 5.88. The van der Waals surface area contributed by atoms with Crippen molar-refractivity contribution in [1.82, 2.24) is 20.4 Å². The molecule has 4 amide bonds. The van der Waals surface area contributed by atoms with Gasteiger partial charge in [-0.25, -0.2) is 0 Å². The molecule has 3 saturated heterocycles. The highest BCUT2D eigenvalue weighted by Crippen LogP contribution is 2.43. The van der Waals surface area contributed by atoms with E-state index < -0.39 is 23.8 Å². The molecule has 3 fully saturated rings. The van der Waals surface area contributed by atoms with E-state index >= 15 is 0 Å². The van der Waals surface area contributed by atoms with Gasteiger partial charge in [-0.1, -0.05) is 6.07 Å². The number of carbonyl (C=O) groups is 4. The molecule has 32 heavy (non-hydrogen) atoms. The fraction of sp³-hybridized carbons (Fsp3) is 0.565. The highest BCUT2D eigenvalue weighted by Gasteiger charge is 2.47. The predicted octanol–water partition coefficient (Wildman–Crippen LogP) is -0.118. The van der Waals surface area contributed by atoms with Crippen LogP contribution in [0, 0.1) is 11.3 Å². The van der Waals surface area contributed by atoms with Crippen molar-refractivity contribution in [3.8, 4) is 0 Å². The maximum Gasteiger partial charge on any atom is 0.262 e. The lowest BCUT2D eigenvalue weighted by atomic mass is 9.71. The number of benzene rings is 1. The average Bonchev–Trinajstić information content (AvgIpc) is 3.23. The standard InChI is InChI=1S/C23H28N4O5/c28-12-15-11-26(13-23(15)5-7-24-8-6-23)10-14-1-2-16-17(9-14)22(32)27(21(16)31)18-3-4-19(29)25-20(18)30/h1-2,9,15,18,24,28H,3-8,10-13H2,(H,25,29,30). The highest BCUT2D eigenvalue weighted by atomic mass is 16.3. The zero-order valence-corrected chi connectivity index (χ0v) is 17.9. The van der Waals surface area contributed by atoms with E-state index in [9.17, 15) is 24.3 Å². The number of fused-ring (bicyclic) bond motifs is 1.